The molecule has 1 heterocycles. The summed E-state index contributed by atoms with van der Waals surface area (Å²) in [4.78, 5) is 12.0. The van der Waals surface area contributed by atoms with E-state index in [9.17, 15) is 4.79 Å². The van der Waals surface area contributed by atoms with Gasteiger partial charge in [-0.15, -0.1) is 10.2 Å². The molecule has 0 bridgehead atoms. The Morgan fingerprint density at radius 1 is 1.24 bits per heavy atom. The Hall–Kier alpha value is -1.66. The summed E-state index contributed by atoms with van der Waals surface area (Å²) in [6.07, 6.45) is 3.33. The standard InChI is InChI=1S/C19H25N3OS2/c1-13(2)12-24-18-22-21-17(25-18)20-16(23)11-8-14-6-9-15(10-7-14)19(3,4)5/h6-11,13H,12H2,1-5H3,(H,20,21,23)/b11-8+. The van der Waals surface area contributed by atoms with Gasteiger partial charge < -0.3 is 0 Å². The van der Waals surface area contributed by atoms with E-state index in [4.69, 9.17) is 0 Å². The second kappa shape index (κ2) is 8.63. The van der Waals surface area contributed by atoms with E-state index in [1.165, 1.54) is 23.0 Å². The fraction of sp³-hybridized carbons (Fsp3) is 0.421. The predicted octanol–water partition coefficient (Wildman–Crippen LogP) is 5.24. The minimum Gasteiger partial charge on any atom is -0.297 e. The van der Waals surface area contributed by atoms with Crippen molar-refractivity contribution in [1.29, 1.82) is 0 Å². The molecule has 0 aliphatic heterocycles. The Morgan fingerprint density at radius 3 is 2.52 bits per heavy atom. The summed E-state index contributed by atoms with van der Waals surface area (Å²) in [5, 5.41) is 11.4. The van der Waals surface area contributed by atoms with Gasteiger partial charge >= 0.3 is 0 Å². The largest absolute Gasteiger partial charge is 0.297 e. The molecule has 4 nitrogen and oxygen atoms in total. The minimum atomic E-state index is -0.198. The third-order valence-corrected chi connectivity index (χ3v) is 5.78. The number of nitrogens with one attached hydrogen (secondary N) is 1. The summed E-state index contributed by atoms with van der Waals surface area (Å²) in [6, 6.07) is 8.24. The van der Waals surface area contributed by atoms with E-state index < -0.39 is 0 Å². The minimum absolute atomic E-state index is 0.128. The Morgan fingerprint density at radius 2 is 1.92 bits per heavy atom. The van der Waals surface area contributed by atoms with Gasteiger partial charge in [-0.2, -0.15) is 0 Å². The maximum Gasteiger partial charge on any atom is 0.250 e. The molecule has 0 unspecified atom stereocenters. The van der Waals surface area contributed by atoms with Gasteiger partial charge in [0.25, 0.3) is 0 Å². The van der Waals surface area contributed by atoms with Crippen molar-refractivity contribution in [2.45, 2.75) is 44.4 Å². The molecule has 134 valence electrons. The van der Waals surface area contributed by atoms with Gasteiger partial charge in [0.2, 0.25) is 11.0 Å². The molecule has 1 aromatic carbocycles. The molecule has 0 saturated carbocycles. The average molecular weight is 376 g/mol. The van der Waals surface area contributed by atoms with Gasteiger partial charge in [-0.1, -0.05) is 82.0 Å². The zero-order valence-electron chi connectivity index (χ0n) is 15.4. The monoisotopic (exact) mass is 375 g/mol. The Labute approximate surface area is 158 Å². The number of carbonyl (C=O) groups is 1. The fourth-order valence-corrected chi connectivity index (χ4v) is 3.70. The van der Waals surface area contributed by atoms with Gasteiger partial charge in [0.05, 0.1) is 0 Å². The summed E-state index contributed by atoms with van der Waals surface area (Å²) < 4.78 is 0.880. The van der Waals surface area contributed by atoms with Crippen LogP contribution in [0.25, 0.3) is 6.08 Å². The molecule has 2 aromatic rings. The van der Waals surface area contributed by atoms with Crippen LogP contribution in [-0.2, 0) is 10.2 Å². The maximum atomic E-state index is 12.0. The summed E-state index contributed by atoms with van der Waals surface area (Å²) >= 11 is 3.07. The van der Waals surface area contributed by atoms with E-state index in [1.54, 1.807) is 17.8 Å². The third-order valence-electron chi connectivity index (χ3n) is 3.38. The number of amides is 1. The molecular formula is C19H25N3OS2. The molecule has 1 N–H and O–H groups in total. The topological polar surface area (TPSA) is 54.9 Å². The molecule has 2 rings (SSSR count). The van der Waals surface area contributed by atoms with Crippen LogP contribution >= 0.6 is 23.1 Å². The van der Waals surface area contributed by atoms with Crippen molar-refractivity contribution in [2.24, 2.45) is 5.92 Å². The molecule has 0 spiro atoms. The molecule has 0 atom stereocenters. The number of nitrogens with zero attached hydrogens (tertiary/aromatic N) is 2. The normalized spacial score (nSPS) is 12.1. The fourth-order valence-electron chi connectivity index (χ4n) is 1.97. The van der Waals surface area contributed by atoms with Crippen LogP contribution < -0.4 is 5.32 Å². The highest BCUT2D eigenvalue weighted by Gasteiger charge is 2.12. The molecular weight excluding hydrogens is 350 g/mol. The first-order chi connectivity index (χ1) is 11.7. The molecule has 1 amide bonds. The quantitative estimate of drug-likeness (QED) is 0.426. The average Bonchev–Trinajstić information content (AvgIpc) is 2.98. The van der Waals surface area contributed by atoms with Crippen molar-refractivity contribution in [3.63, 3.8) is 0 Å². The first kappa shape index (κ1) is 19.7. The van der Waals surface area contributed by atoms with Crippen molar-refractivity contribution < 1.29 is 4.79 Å². The Balaban J connectivity index is 1.90. The highest BCUT2D eigenvalue weighted by molar-refractivity contribution is 8.01. The number of benzene rings is 1. The lowest BCUT2D eigenvalue weighted by molar-refractivity contribution is -0.111. The zero-order valence-corrected chi connectivity index (χ0v) is 17.0. The van der Waals surface area contributed by atoms with Crippen LogP contribution in [0.5, 0.6) is 0 Å². The molecule has 0 fully saturated rings. The van der Waals surface area contributed by atoms with Crippen molar-refractivity contribution in [3.05, 3.63) is 41.5 Å². The molecule has 0 saturated heterocycles. The van der Waals surface area contributed by atoms with E-state index in [0.717, 1.165) is 15.7 Å². The third kappa shape index (κ3) is 6.63. The number of anilines is 1. The van der Waals surface area contributed by atoms with Crippen molar-refractivity contribution >= 4 is 40.2 Å². The number of carbonyl (C=O) groups excluding carboxylic acids is 1. The van der Waals surface area contributed by atoms with Gasteiger partial charge in [-0.25, -0.2) is 0 Å². The SMILES string of the molecule is CC(C)CSc1nnc(NC(=O)/C=C/c2ccc(C(C)(C)C)cc2)s1. The zero-order chi connectivity index (χ0) is 18.4. The summed E-state index contributed by atoms with van der Waals surface area (Å²) in [5.41, 5.74) is 2.39. The van der Waals surface area contributed by atoms with Gasteiger partial charge in [0.1, 0.15) is 0 Å². The molecule has 1 aromatic heterocycles. The van der Waals surface area contributed by atoms with Gasteiger partial charge in [0, 0.05) is 11.8 Å². The Kier molecular flexibility index (Phi) is 6.79. The second-order valence-electron chi connectivity index (χ2n) is 7.27. The first-order valence-electron chi connectivity index (χ1n) is 8.30. The maximum absolute atomic E-state index is 12.0. The number of thioether (sulfide) groups is 1. The summed E-state index contributed by atoms with van der Waals surface area (Å²) in [5.74, 6) is 1.39. The van der Waals surface area contributed by atoms with E-state index in [2.05, 4.69) is 62.3 Å². The lowest BCUT2D eigenvalue weighted by Gasteiger charge is -2.18. The van der Waals surface area contributed by atoms with Crippen molar-refractivity contribution in [2.75, 3.05) is 11.1 Å². The van der Waals surface area contributed by atoms with Gasteiger partial charge in [-0.05, 0) is 28.5 Å². The van der Waals surface area contributed by atoms with Crippen molar-refractivity contribution in [1.82, 2.24) is 10.2 Å². The van der Waals surface area contributed by atoms with E-state index in [-0.39, 0.29) is 11.3 Å². The summed E-state index contributed by atoms with van der Waals surface area (Å²) in [6.45, 7) is 10.9. The highest BCUT2D eigenvalue weighted by atomic mass is 32.2. The van der Waals surface area contributed by atoms with Crippen LogP contribution in [0.15, 0.2) is 34.7 Å². The molecule has 0 aliphatic carbocycles. The van der Waals surface area contributed by atoms with E-state index in [0.29, 0.717) is 11.0 Å². The highest BCUT2D eigenvalue weighted by Crippen LogP contribution is 2.27. The summed E-state index contributed by atoms with van der Waals surface area (Å²) in [7, 11) is 0. The number of hydrogen-bond acceptors (Lipinski definition) is 5. The van der Waals surface area contributed by atoms with Gasteiger partial charge in [-0.3, -0.25) is 10.1 Å². The Bertz CT molecular complexity index is 728. The van der Waals surface area contributed by atoms with Crippen LogP contribution in [-0.4, -0.2) is 21.9 Å². The molecule has 0 aliphatic rings. The number of rotatable bonds is 6. The van der Waals surface area contributed by atoms with E-state index >= 15 is 0 Å². The molecule has 0 radical (unpaired) electrons. The predicted molar refractivity (Wildman–Crippen MR) is 108 cm³/mol. The smallest absolute Gasteiger partial charge is 0.250 e. The second-order valence-corrected chi connectivity index (χ2v) is 9.52. The van der Waals surface area contributed by atoms with Crippen LogP contribution in [0.4, 0.5) is 5.13 Å². The first-order valence-corrected chi connectivity index (χ1v) is 10.1. The molecule has 6 heteroatoms. The van der Waals surface area contributed by atoms with E-state index in [1.807, 2.05) is 12.1 Å². The van der Waals surface area contributed by atoms with Crippen LogP contribution in [0.1, 0.15) is 45.7 Å². The lowest BCUT2D eigenvalue weighted by Crippen LogP contribution is -2.10. The van der Waals surface area contributed by atoms with Crippen LogP contribution in [0, 0.1) is 5.92 Å². The lowest BCUT2D eigenvalue weighted by atomic mass is 9.87. The van der Waals surface area contributed by atoms with Crippen LogP contribution in [0.2, 0.25) is 0 Å². The number of aromatic nitrogens is 2. The van der Waals surface area contributed by atoms with Gasteiger partial charge in [0.15, 0.2) is 4.34 Å². The van der Waals surface area contributed by atoms with Crippen molar-refractivity contribution in [3.8, 4) is 0 Å². The molecule has 25 heavy (non-hydrogen) atoms. The van der Waals surface area contributed by atoms with Crippen LogP contribution in [0.3, 0.4) is 0 Å². The number of hydrogen-bond donors (Lipinski definition) is 1.